The zero-order chi connectivity index (χ0) is 19.1. The molecule has 0 radical (unpaired) electrons. The third-order valence-electron chi connectivity index (χ3n) is 4.12. The summed E-state index contributed by atoms with van der Waals surface area (Å²) in [6.07, 6.45) is 0.106. The molecule has 0 aromatic heterocycles. The minimum Gasteiger partial charge on any atom is -0.490 e. The molecule has 27 heavy (non-hydrogen) atoms. The number of para-hydroxylation sites is 1. The number of Topliss-reactive ketones (excluding diaryl/α,β-unsaturated/α-hetero) is 1. The molecule has 0 spiro atoms. The van der Waals surface area contributed by atoms with Gasteiger partial charge < -0.3 is 18.9 Å². The van der Waals surface area contributed by atoms with Crippen molar-refractivity contribution in [3.63, 3.8) is 0 Å². The Morgan fingerprint density at radius 3 is 2.56 bits per heavy atom. The van der Waals surface area contributed by atoms with Gasteiger partial charge in [-0.25, -0.2) is 0 Å². The van der Waals surface area contributed by atoms with E-state index in [1.54, 1.807) is 18.2 Å². The van der Waals surface area contributed by atoms with Gasteiger partial charge >= 0.3 is 5.97 Å². The number of hydrogen-bond acceptors (Lipinski definition) is 6. The second-order valence-electron chi connectivity index (χ2n) is 6.12. The Bertz CT molecular complexity index is 814. The average molecular weight is 370 g/mol. The fourth-order valence-electron chi connectivity index (χ4n) is 2.67. The van der Waals surface area contributed by atoms with E-state index in [0.29, 0.717) is 30.3 Å². The summed E-state index contributed by atoms with van der Waals surface area (Å²) in [5.41, 5.74) is 1.52. The number of aryl methyl sites for hydroxylation is 1. The molecule has 3 rings (SSSR count). The van der Waals surface area contributed by atoms with Crippen LogP contribution >= 0.6 is 0 Å². The number of carbonyl (C=O) groups excluding carboxylic acids is 2. The van der Waals surface area contributed by atoms with E-state index in [-0.39, 0.29) is 31.8 Å². The predicted octanol–water partition coefficient (Wildman–Crippen LogP) is 3.35. The van der Waals surface area contributed by atoms with E-state index in [4.69, 9.17) is 18.9 Å². The molecule has 0 aliphatic carbocycles. The first-order chi connectivity index (χ1) is 13.1. The summed E-state index contributed by atoms with van der Waals surface area (Å²) in [4.78, 5) is 24.1. The third kappa shape index (κ3) is 5.23. The van der Waals surface area contributed by atoms with Gasteiger partial charge in [-0.1, -0.05) is 18.2 Å². The molecule has 0 saturated carbocycles. The Morgan fingerprint density at radius 1 is 0.963 bits per heavy atom. The van der Waals surface area contributed by atoms with Gasteiger partial charge in [-0.15, -0.1) is 0 Å². The van der Waals surface area contributed by atoms with Gasteiger partial charge in [-0.2, -0.15) is 0 Å². The van der Waals surface area contributed by atoms with Crippen molar-refractivity contribution in [2.24, 2.45) is 0 Å². The van der Waals surface area contributed by atoms with Crippen LogP contribution in [0.2, 0.25) is 0 Å². The Kier molecular flexibility index (Phi) is 6.30. The molecule has 1 heterocycles. The number of fused-ring (bicyclic) bond motifs is 1. The highest BCUT2D eigenvalue weighted by molar-refractivity contribution is 5.98. The molecule has 0 amide bonds. The molecule has 0 fully saturated rings. The fourth-order valence-corrected chi connectivity index (χ4v) is 2.67. The van der Waals surface area contributed by atoms with Crippen molar-refractivity contribution in [3.8, 4) is 17.2 Å². The van der Waals surface area contributed by atoms with E-state index in [1.807, 2.05) is 31.2 Å². The smallest absolute Gasteiger partial charge is 0.306 e. The van der Waals surface area contributed by atoms with Gasteiger partial charge in [0.25, 0.3) is 0 Å². The van der Waals surface area contributed by atoms with Gasteiger partial charge in [0, 0.05) is 12.0 Å². The van der Waals surface area contributed by atoms with E-state index in [9.17, 15) is 9.59 Å². The predicted molar refractivity (Wildman–Crippen MR) is 98.6 cm³/mol. The van der Waals surface area contributed by atoms with Gasteiger partial charge in [-0.3, -0.25) is 9.59 Å². The first kappa shape index (κ1) is 18.8. The standard InChI is InChI=1S/C21H22O6/c1-15-4-2-3-5-18(15)24-12-13-27-21(23)9-7-17(22)16-6-8-19-20(14-16)26-11-10-25-19/h2-6,8,14H,7,9-13H2,1H3. The second-order valence-corrected chi connectivity index (χ2v) is 6.12. The normalized spacial score (nSPS) is 12.3. The van der Waals surface area contributed by atoms with E-state index in [2.05, 4.69) is 0 Å². The number of rotatable bonds is 8. The largest absolute Gasteiger partial charge is 0.490 e. The topological polar surface area (TPSA) is 71.1 Å². The van der Waals surface area contributed by atoms with Gasteiger partial charge in [0.15, 0.2) is 17.3 Å². The van der Waals surface area contributed by atoms with Gasteiger partial charge in [0.05, 0.1) is 6.42 Å². The minimum atomic E-state index is -0.422. The molecule has 0 saturated heterocycles. The number of hydrogen-bond donors (Lipinski definition) is 0. The number of esters is 1. The average Bonchev–Trinajstić information content (AvgIpc) is 2.70. The third-order valence-corrected chi connectivity index (χ3v) is 4.12. The van der Waals surface area contributed by atoms with E-state index in [1.165, 1.54) is 0 Å². The zero-order valence-electron chi connectivity index (χ0n) is 15.2. The SMILES string of the molecule is Cc1ccccc1OCCOC(=O)CCC(=O)c1ccc2c(c1)OCCO2. The van der Waals surface area contributed by atoms with E-state index < -0.39 is 5.97 Å². The van der Waals surface area contributed by atoms with Crippen LogP contribution in [-0.2, 0) is 9.53 Å². The summed E-state index contributed by atoms with van der Waals surface area (Å²) in [6.45, 7) is 3.32. The summed E-state index contributed by atoms with van der Waals surface area (Å²) in [7, 11) is 0. The van der Waals surface area contributed by atoms with Crippen molar-refractivity contribution < 1.29 is 28.5 Å². The van der Waals surface area contributed by atoms with Crippen molar-refractivity contribution in [2.75, 3.05) is 26.4 Å². The lowest BCUT2D eigenvalue weighted by atomic mass is 10.1. The molecule has 1 aliphatic heterocycles. The maximum absolute atomic E-state index is 12.3. The molecular weight excluding hydrogens is 348 g/mol. The lowest BCUT2D eigenvalue weighted by Crippen LogP contribution is -2.16. The van der Waals surface area contributed by atoms with Gasteiger partial charge in [0.1, 0.15) is 32.2 Å². The van der Waals surface area contributed by atoms with Crippen molar-refractivity contribution >= 4 is 11.8 Å². The van der Waals surface area contributed by atoms with Gasteiger partial charge in [0.2, 0.25) is 0 Å². The molecule has 142 valence electrons. The summed E-state index contributed by atoms with van der Waals surface area (Å²) >= 11 is 0. The summed E-state index contributed by atoms with van der Waals surface area (Å²) in [5, 5.41) is 0. The monoisotopic (exact) mass is 370 g/mol. The molecule has 6 heteroatoms. The lowest BCUT2D eigenvalue weighted by molar-refractivity contribution is -0.144. The molecule has 0 unspecified atom stereocenters. The highest BCUT2D eigenvalue weighted by Gasteiger charge is 2.16. The van der Waals surface area contributed by atoms with E-state index in [0.717, 1.165) is 11.3 Å². The van der Waals surface area contributed by atoms with Crippen LogP contribution in [0.3, 0.4) is 0 Å². The molecular formula is C21H22O6. The van der Waals surface area contributed by atoms with Crippen molar-refractivity contribution in [2.45, 2.75) is 19.8 Å². The Hall–Kier alpha value is -3.02. The maximum atomic E-state index is 12.3. The van der Waals surface area contributed by atoms with Crippen molar-refractivity contribution in [1.29, 1.82) is 0 Å². The molecule has 0 N–H and O–H groups in total. The minimum absolute atomic E-state index is 0.0254. The summed E-state index contributed by atoms with van der Waals surface area (Å²) < 4.78 is 21.6. The fraction of sp³-hybridized carbons (Fsp3) is 0.333. The number of benzene rings is 2. The Balaban J connectivity index is 1.38. The van der Waals surface area contributed by atoms with Crippen LogP contribution in [0.15, 0.2) is 42.5 Å². The van der Waals surface area contributed by atoms with Crippen LogP contribution in [0.1, 0.15) is 28.8 Å². The molecule has 6 nitrogen and oxygen atoms in total. The number of ketones is 1. The van der Waals surface area contributed by atoms with Crippen LogP contribution in [0.5, 0.6) is 17.2 Å². The highest BCUT2D eigenvalue weighted by atomic mass is 16.6. The first-order valence-electron chi connectivity index (χ1n) is 8.90. The van der Waals surface area contributed by atoms with Crippen molar-refractivity contribution in [3.05, 3.63) is 53.6 Å². The lowest BCUT2D eigenvalue weighted by Gasteiger charge is -2.18. The maximum Gasteiger partial charge on any atom is 0.306 e. The quantitative estimate of drug-likeness (QED) is 0.403. The molecule has 0 bridgehead atoms. The summed E-state index contributed by atoms with van der Waals surface area (Å²) in [5.74, 6) is 1.39. The van der Waals surface area contributed by atoms with Crippen LogP contribution < -0.4 is 14.2 Å². The summed E-state index contributed by atoms with van der Waals surface area (Å²) in [6, 6.07) is 12.7. The van der Waals surface area contributed by atoms with E-state index >= 15 is 0 Å². The number of ether oxygens (including phenoxy) is 4. The molecule has 2 aromatic rings. The molecule has 2 aromatic carbocycles. The van der Waals surface area contributed by atoms with Crippen LogP contribution in [0.25, 0.3) is 0 Å². The highest BCUT2D eigenvalue weighted by Crippen LogP contribution is 2.31. The Morgan fingerprint density at radius 2 is 1.74 bits per heavy atom. The van der Waals surface area contributed by atoms with Crippen LogP contribution in [-0.4, -0.2) is 38.2 Å². The molecule has 1 aliphatic rings. The van der Waals surface area contributed by atoms with Crippen LogP contribution in [0, 0.1) is 6.92 Å². The molecule has 0 atom stereocenters. The number of carbonyl (C=O) groups is 2. The Labute approximate surface area is 158 Å². The first-order valence-corrected chi connectivity index (χ1v) is 8.90. The van der Waals surface area contributed by atoms with Gasteiger partial charge in [-0.05, 0) is 36.8 Å². The second kappa shape index (κ2) is 9.07. The van der Waals surface area contributed by atoms with Crippen molar-refractivity contribution in [1.82, 2.24) is 0 Å². The van der Waals surface area contributed by atoms with Crippen LogP contribution in [0.4, 0.5) is 0 Å². The zero-order valence-corrected chi connectivity index (χ0v) is 15.2.